The first kappa shape index (κ1) is 13.3. The van der Waals surface area contributed by atoms with Crippen LogP contribution in [0.15, 0.2) is 30.5 Å². The standard InChI is InChI=1S/C14H20BNO2/c1-11(12-6-8-16-9-7-12)10-15-17-13(2,3)14(4,5)18-15/h6-10H,1-5H3/b11-10+. The molecule has 1 aliphatic heterocycles. The number of nitrogens with zero attached hydrogens (tertiary/aromatic N) is 1. The molecule has 18 heavy (non-hydrogen) atoms. The molecule has 1 fully saturated rings. The van der Waals surface area contributed by atoms with Gasteiger partial charge in [-0.3, -0.25) is 4.98 Å². The minimum Gasteiger partial charge on any atom is -0.400 e. The summed E-state index contributed by atoms with van der Waals surface area (Å²) < 4.78 is 11.9. The molecule has 0 aliphatic carbocycles. The molecule has 1 aromatic rings. The van der Waals surface area contributed by atoms with Crippen LogP contribution in [-0.2, 0) is 9.31 Å². The monoisotopic (exact) mass is 245 g/mol. The lowest BCUT2D eigenvalue weighted by atomic mass is 9.86. The van der Waals surface area contributed by atoms with Gasteiger partial charge in [-0.1, -0.05) is 11.5 Å². The highest BCUT2D eigenvalue weighted by molar-refractivity contribution is 6.53. The van der Waals surface area contributed by atoms with Crippen molar-refractivity contribution in [2.75, 3.05) is 0 Å². The maximum Gasteiger partial charge on any atom is 0.487 e. The summed E-state index contributed by atoms with van der Waals surface area (Å²) in [5.41, 5.74) is 1.70. The number of rotatable bonds is 2. The molecule has 2 rings (SSSR count). The van der Waals surface area contributed by atoms with Crippen molar-refractivity contribution in [3.63, 3.8) is 0 Å². The minimum atomic E-state index is -0.289. The zero-order chi connectivity index (χ0) is 13.4. The number of hydrogen-bond donors (Lipinski definition) is 0. The van der Waals surface area contributed by atoms with Gasteiger partial charge in [0.2, 0.25) is 0 Å². The highest BCUT2D eigenvalue weighted by Crippen LogP contribution is 2.37. The van der Waals surface area contributed by atoms with E-state index < -0.39 is 0 Å². The molecule has 96 valence electrons. The van der Waals surface area contributed by atoms with Crippen LogP contribution in [0.25, 0.3) is 5.57 Å². The van der Waals surface area contributed by atoms with Crippen molar-refractivity contribution in [1.82, 2.24) is 4.98 Å². The topological polar surface area (TPSA) is 31.4 Å². The number of allylic oxidation sites excluding steroid dienone is 1. The highest BCUT2D eigenvalue weighted by atomic mass is 16.7. The van der Waals surface area contributed by atoms with Crippen LogP contribution < -0.4 is 0 Å². The van der Waals surface area contributed by atoms with Crippen molar-refractivity contribution in [1.29, 1.82) is 0 Å². The van der Waals surface area contributed by atoms with Crippen molar-refractivity contribution in [2.45, 2.75) is 45.8 Å². The van der Waals surface area contributed by atoms with Gasteiger partial charge in [-0.15, -0.1) is 0 Å². The summed E-state index contributed by atoms with van der Waals surface area (Å²) in [5, 5.41) is 0. The van der Waals surface area contributed by atoms with Gasteiger partial charge in [0, 0.05) is 12.4 Å². The van der Waals surface area contributed by atoms with Crippen LogP contribution >= 0.6 is 0 Å². The fraction of sp³-hybridized carbons (Fsp3) is 0.500. The molecule has 1 aliphatic rings. The van der Waals surface area contributed by atoms with Gasteiger partial charge in [-0.25, -0.2) is 0 Å². The van der Waals surface area contributed by atoms with Crippen molar-refractivity contribution in [3.05, 3.63) is 36.1 Å². The van der Waals surface area contributed by atoms with Gasteiger partial charge in [0.15, 0.2) is 0 Å². The first-order chi connectivity index (χ1) is 8.32. The Bertz CT molecular complexity index is 438. The van der Waals surface area contributed by atoms with Gasteiger partial charge >= 0.3 is 7.12 Å². The first-order valence-electron chi connectivity index (χ1n) is 6.26. The summed E-state index contributed by atoms with van der Waals surface area (Å²) in [5.74, 6) is 2.02. The fourth-order valence-corrected chi connectivity index (χ4v) is 1.87. The second kappa shape index (κ2) is 4.52. The van der Waals surface area contributed by atoms with E-state index >= 15 is 0 Å². The largest absolute Gasteiger partial charge is 0.487 e. The molecule has 0 saturated carbocycles. The Morgan fingerprint density at radius 1 is 1.11 bits per heavy atom. The molecule has 0 aromatic carbocycles. The molecule has 0 unspecified atom stereocenters. The van der Waals surface area contributed by atoms with Crippen molar-refractivity contribution < 1.29 is 9.31 Å². The lowest BCUT2D eigenvalue weighted by molar-refractivity contribution is 0.00578. The molecule has 0 atom stereocenters. The summed E-state index contributed by atoms with van der Waals surface area (Å²) in [7, 11) is -0.289. The fourth-order valence-electron chi connectivity index (χ4n) is 1.87. The minimum absolute atomic E-state index is 0.285. The van der Waals surface area contributed by atoms with E-state index in [-0.39, 0.29) is 18.3 Å². The molecular formula is C14H20BNO2. The van der Waals surface area contributed by atoms with E-state index in [0.717, 1.165) is 11.1 Å². The third-order valence-electron chi connectivity index (χ3n) is 3.79. The Labute approximate surface area is 109 Å². The molecule has 3 nitrogen and oxygen atoms in total. The molecular weight excluding hydrogens is 225 g/mol. The van der Waals surface area contributed by atoms with Gasteiger partial charge < -0.3 is 9.31 Å². The number of aromatic nitrogens is 1. The van der Waals surface area contributed by atoms with E-state index in [1.807, 2.05) is 18.1 Å². The zero-order valence-electron chi connectivity index (χ0n) is 11.7. The molecule has 4 heteroatoms. The molecule has 0 radical (unpaired) electrons. The van der Waals surface area contributed by atoms with E-state index in [9.17, 15) is 0 Å². The Morgan fingerprint density at radius 2 is 1.61 bits per heavy atom. The zero-order valence-corrected chi connectivity index (χ0v) is 11.7. The summed E-state index contributed by atoms with van der Waals surface area (Å²) in [6.45, 7) is 10.3. The third-order valence-corrected chi connectivity index (χ3v) is 3.79. The van der Waals surface area contributed by atoms with Gasteiger partial charge in [0.25, 0.3) is 0 Å². The van der Waals surface area contributed by atoms with Crippen LogP contribution in [0.1, 0.15) is 40.2 Å². The summed E-state index contributed by atoms with van der Waals surface area (Å²) in [6, 6.07) is 3.97. The van der Waals surface area contributed by atoms with Gasteiger partial charge in [0.1, 0.15) is 0 Å². The smallest absolute Gasteiger partial charge is 0.400 e. The van der Waals surface area contributed by atoms with Crippen molar-refractivity contribution in [2.24, 2.45) is 0 Å². The Morgan fingerprint density at radius 3 is 2.11 bits per heavy atom. The second-order valence-electron chi connectivity index (χ2n) is 5.71. The summed E-state index contributed by atoms with van der Waals surface area (Å²) in [6.07, 6.45) is 3.58. The Kier molecular flexibility index (Phi) is 3.34. The number of hydrogen-bond acceptors (Lipinski definition) is 3. The van der Waals surface area contributed by atoms with Gasteiger partial charge in [-0.05, 0) is 52.3 Å². The van der Waals surface area contributed by atoms with Crippen LogP contribution in [-0.4, -0.2) is 23.3 Å². The van der Waals surface area contributed by atoms with Crippen LogP contribution in [0.3, 0.4) is 0 Å². The average Bonchev–Trinajstić information content (AvgIpc) is 2.48. The Balaban J connectivity index is 2.17. The van der Waals surface area contributed by atoms with E-state index in [4.69, 9.17) is 9.31 Å². The molecule has 0 spiro atoms. The SMILES string of the molecule is C/C(=C\B1OC(C)(C)C(C)(C)O1)c1ccncc1. The van der Waals surface area contributed by atoms with Gasteiger partial charge in [0.05, 0.1) is 11.2 Å². The van der Waals surface area contributed by atoms with Crippen molar-refractivity contribution in [3.8, 4) is 0 Å². The maximum atomic E-state index is 5.94. The molecule has 0 bridgehead atoms. The third kappa shape index (κ3) is 2.50. The lowest BCUT2D eigenvalue weighted by Crippen LogP contribution is -2.41. The number of pyridine rings is 1. The van der Waals surface area contributed by atoms with Crippen LogP contribution in [0.4, 0.5) is 0 Å². The average molecular weight is 245 g/mol. The lowest BCUT2D eigenvalue weighted by Gasteiger charge is -2.32. The predicted octanol–water partition coefficient (Wildman–Crippen LogP) is 3.12. The van der Waals surface area contributed by atoms with Crippen molar-refractivity contribution >= 4 is 12.7 Å². The van der Waals surface area contributed by atoms with Crippen LogP contribution in [0.2, 0.25) is 0 Å². The Hall–Kier alpha value is -1.13. The van der Waals surface area contributed by atoms with E-state index in [1.165, 1.54) is 0 Å². The van der Waals surface area contributed by atoms with E-state index in [0.29, 0.717) is 0 Å². The predicted molar refractivity (Wildman–Crippen MR) is 74.0 cm³/mol. The summed E-state index contributed by atoms with van der Waals surface area (Å²) >= 11 is 0. The summed E-state index contributed by atoms with van der Waals surface area (Å²) in [4.78, 5) is 4.02. The van der Waals surface area contributed by atoms with E-state index in [1.54, 1.807) is 12.4 Å². The second-order valence-corrected chi connectivity index (χ2v) is 5.71. The van der Waals surface area contributed by atoms with Crippen LogP contribution in [0.5, 0.6) is 0 Å². The molecule has 0 amide bonds. The first-order valence-corrected chi connectivity index (χ1v) is 6.26. The molecule has 1 aromatic heterocycles. The highest BCUT2D eigenvalue weighted by Gasteiger charge is 2.50. The van der Waals surface area contributed by atoms with Gasteiger partial charge in [-0.2, -0.15) is 0 Å². The molecule has 1 saturated heterocycles. The quantitative estimate of drug-likeness (QED) is 0.750. The van der Waals surface area contributed by atoms with E-state index in [2.05, 4.69) is 39.6 Å². The van der Waals surface area contributed by atoms with Crippen LogP contribution in [0, 0.1) is 0 Å². The maximum absolute atomic E-state index is 5.94. The molecule has 0 N–H and O–H groups in total. The normalized spacial score (nSPS) is 22.3. The molecule has 2 heterocycles.